The van der Waals surface area contributed by atoms with Crippen molar-refractivity contribution >= 4 is 12.4 Å². The first-order valence-electron chi connectivity index (χ1n) is 2.84. The number of hydrogen-bond donors (Lipinski definition) is 1. The van der Waals surface area contributed by atoms with Crippen LogP contribution in [0.4, 0.5) is 0 Å². The van der Waals surface area contributed by atoms with Crippen molar-refractivity contribution in [2.75, 3.05) is 6.61 Å². The topological polar surface area (TPSA) is 55.4 Å². The third kappa shape index (κ3) is 4.83. The quantitative estimate of drug-likeness (QED) is 0.337. The minimum atomic E-state index is -0.461. The summed E-state index contributed by atoms with van der Waals surface area (Å²) < 4.78 is 4.51. The highest BCUT2D eigenvalue weighted by Gasteiger charge is 1.90. The molecule has 0 radical (unpaired) electrons. The first-order valence-corrected chi connectivity index (χ1v) is 2.84. The lowest BCUT2D eigenvalue weighted by atomic mass is 10.6. The molecule has 0 fully saturated rings. The molecule has 10 heavy (non-hydrogen) atoms. The zero-order chi connectivity index (χ0) is 7.82. The lowest BCUT2D eigenvalue weighted by Crippen LogP contribution is -2.04. The first-order chi connectivity index (χ1) is 4.81. The lowest BCUT2D eigenvalue weighted by molar-refractivity contribution is -0.137. The number of esters is 1. The average Bonchev–Trinajstić information content (AvgIpc) is 1.89. The molecule has 0 rings (SSSR count). The third-order valence-electron chi connectivity index (χ3n) is 0.670. The summed E-state index contributed by atoms with van der Waals surface area (Å²) in [7, 11) is 0. The summed E-state index contributed by atoms with van der Waals surface area (Å²) in [6, 6.07) is 0. The smallest absolute Gasteiger partial charge is 0.332 e. The van der Waals surface area contributed by atoms with E-state index < -0.39 is 5.97 Å². The van der Waals surface area contributed by atoms with E-state index in [9.17, 15) is 9.59 Å². The summed E-state index contributed by atoms with van der Waals surface area (Å²) in [6.07, 6.45) is 2.82. The molecule has 0 heterocycles. The molecule has 4 nitrogen and oxygen atoms in total. The van der Waals surface area contributed by atoms with Gasteiger partial charge in [-0.05, 0) is 6.92 Å². The summed E-state index contributed by atoms with van der Waals surface area (Å²) in [4.78, 5) is 20.1. The standard InChI is InChI=1S/C6H9NO3/c1-2-10-6(9)3-4-7-5-8/h3-5H,2H2,1H3,(H,7,8)/b4-3-. The Morgan fingerprint density at radius 3 is 2.90 bits per heavy atom. The van der Waals surface area contributed by atoms with E-state index in [-0.39, 0.29) is 0 Å². The molecule has 1 N–H and O–H groups in total. The first kappa shape index (κ1) is 8.68. The van der Waals surface area contributed by atoms with Crippen molar-refractivity contribution in [2.45, 2.75) is 6.92 Å². The van der Waals surface area contributed by atoms with Gasteiger partial charge in [-0.25, -0.2) is 4.79 Å². The molecule has 56 valence electrons. The van der Waals surface area contributed by atoms with Gasteiger partial charge in [-0.1, -0.05) is 0 Å². The molecular weight excluding hydrogens is 134 g/mol. The van der Waals surface area contributed by atoms with E-state index >= 15 is 0 Å². The number of nitrogens with one attached hydrogen (secondary N) is 1. The Balaban J connectivity index is 3.45. The van der Waals surface area contributed by atoms with Crippen LogP contribution in [-0.2, 0) is 14.3 Å². The fourth-order valence-electron chi connectivity index (χ4n) is 0.346. The van der Waals surface area contributed by atoms with Crippen molar-refractivity contribution in [3.05, 3.63) is 12.3 Å². The van der Waals surface area contributed by atoms with Gasteiger partial charge in [0.1, 0.15) is 0 Å². The maximum Gasteiger partial charge on any atom is 0.332 e. The lowest BCUT2D eigenvalue weighted by Gasteiger charge is -1.92. The molecule has 0 aliphatic carbocycles. The van der Waals surface area contributed by atoms with Gasteiger partial charge in [0.05, 0.1) is 6.61 Å². The fourth-order valence-corrected chi connectivity index (χ4v) is 0.346. The molecule has 0 aromatic carbocycles. The van der Waals surface area contributed by atoms with Crippen molar-refractivity contribution in [1.29, 1.82) is 0 Å². The number of amides is 1. The van der Waals surface area contributed by atoms with Crippen LogP contribution in [0.25, 0.3) is 0 Å². The van der Waals surface area contributed by atoms with E-state index in [0.717, 1.165) is 6.08 Å². The summed E-state index contributed by atoms with van der Waals surface area (Å²) in [5.41, 5.74) is 0. The summed E-state index contributed by atoms with van der Waals surface area (Å²) in [5.74, 6) is -0.461. The molecule has 0 atom stereocenters. The van der Waals surface area contributed by atoms with Crippen LogP contribution in [0.1, 0.15) is 6.92 Å². The molecule has 0 bridgehead atoms. The van der Waals surface area contributed by atoms with Crippen LogP contribution < -0.4 is 5.32 Å². The van der Waals surface area contributed by atoms with Gasteiger partial charge < -0.3 is 10.1 Å². The van der Waals surface area contributed by atoms with Gasteiger partial charge in [0, 0.05) is 12.3 Å². The molecule has 0 aromatic heterocycles. The molecular formula is C6H9NO3. The van der Waals surface area contributed by atoms with Crippen LogP contribution in [0.5, 0.6) is 0 Å². The Kier molecular flexibility index (Phi) is 5.04. The van der Waals surface area contributed by atoms with Crippen molar-refractivity contribution < 1.29 is 14.3 Å². The summed E-state index contributed by atoms with van der Waals surface area (Å²) in [5, 5.41) is 2.18. The van der Waals surface area contributed by atoms with E-state index in [1.54, 1.807) is 6.92 Å². The molecule has 0 saturated carbocycles. The molecule has 0 aliphatic heterocycles. The van der Waals surface area contributed by atoms with Crippen molar-refractivity contribution in [3.63, 3.8) is 0 Å². The van der Waals surface area contributed by atoms with Gasteiger partial charge in [0.25, 0.3) is 0 Å². The third-order valence-corrected chi connectivity index (χ3v) is 0.670. The molecule has 4 heteroatoms. The van der Waals surface area contributed by atoms with Crippen molar-refractivity contribution in [2.24, 2.45) is 0 Å². The number of carbonyl (C=O) groups is 2. The molecule has 0 saturated heterocycles. The van der Waals surface area contributed by atoms with Crippen molar-refractivity contribution in [1.82, 2.24) is 5.32 Å². The maximum atomic E-state index is 10.5. The number of ether oxygens (including phenoxy) is 1. The minimum Gasteiger partial charge on any atom is -0.463 e. The van der Waals surface area contributed by atoms with Gasteiger partial charge in [0.2, 0.25) is 6.41 Å². The normalized spacial score (nSPS) is 9.30. The zero-order valence-electron chi connectivity index (χ0n) is 5.66. The van der Waals surface area contributed by atoms with E-state index in [4.69, 9.17) is 0 Å². The second-order valence-electron chi connectivity index (χ2n) is 1.37. The highest BCUT2D eigenvalue weighted by molar-refractivity contribution is 5.82. The van der Waals surface area contributed by atoms with Gasteiger partial charge in [-0.3, -0.25) is 4.79 Å². The second kappa shape index (κ2) is 5.81. The maximum absolute atomic E-state index is 10.5. The SMILES string of the molecule is CCOC(=O)/C=C\NC=O. The van der Waals surface area contributed by atoms with Crippen LogP contribution in [0.3, 0.4) is 0 Å². The Morgan fingerprint density at radius 2 is 2.40 bits per heavy atom. The van der Waals surface area contributed by atoms with Crippen LogP contribution in [-0.4, -0.2) is 19.0 Å². The van der Waals surface area contributed by atoms with Gasteiger partial charge in [-0.15, -0.1) is 0 Å². The average molecular weight is 143 g/mol. The van der Waals surface area contributed by atoms with E-state index in [0.29, 0.717) is 13.0 Å². The Labute approximate surface area is 58.9 Å². The highest BCUT2D eigenvalue weighted by Crippen LogP contribution is 1.77. The van der Waals surface area contributed by atoms with Crippen LogP contribution in [0.15, 0.2) is 12.3 Å². The molecule has 1 amide bonds. The van der Waals surface area contributed by atoms with E-state index in [2.05, 4.69) is 10.1 Å². The summed E-state index contributed by atoms with van der Waals surface area (Å²) in [6.45, 7) is 2.04. The van der Waals surface area contributed by atoms with Crippen LogP contribution in [0, 0.1) is 0 Å². The zero-order valence-corrected chi connectivity index (χ0v) is 5.66. The predicted octanol–water partition coefficient (Wildman–Crippen LogP) is -0.191. The number of carbonyl (C=O) groups excluding carboxylic acids is 2. The van der Waals surface area contributed by atoms with Crippen LogP contribution >= 0.6 is 0 Å². The van der Waals surface area contributed by atoms with Crippen molar-refractivity contribution in [3.8, 4) is 0 Å². The Morgan fingerprint density at radius 1 is 1.70 bits per heavy atom. The molecule has 0 aliphatic rings. The van der Waals surface area contributed by atoms with Gasteiger partial charge >= 0.3 is 5.97 Å². The van der Waals surface area contributed by atoms with Gasteiger partial charge in [0.15, 0.2) is 0 Å². The van der Waals surface area contributed by atoms with E-state index in [1.807, 2.05) is 0 Å². The molecule has 0 aromatic rings. The van der Waals surface area contributed by atoms with E-state index in [1.165, 1.54) is 6.20 Å². The Hall–Kier alpha value is -1.32. The molecule has 0 unspecified atom stereocenters. The Bertz CT molecular complexity index is 142. The number of hydrogen-bond acceptors (Lipinski definition) is 3. The molecule has 0 spiro atoms. The summed E-state index contributed by atoms with van der Waals surface area (Å²) >= 11 is 0. The number of rotatable bonds is 4. The second-order valence-corrected chi connectivity index (χ2v) is 1.37. The monoisotopic (exact) mass is 143 g/mol. The van der Waals surface area contributed by atoms with Gasteiger partial charge in [-0.2, -0.15) is 0 Å². The van der Waals surface area contributed by atoms with Crippen LogP contribution in [0.2, 0.25) is 0 Å². The fraction of sp³-hybridized carbons (Fsp3) is 0.333. The predicted molar refractivity (Wildman–Crippen MR) is 35.0 cm³/mol. The minimum absolute atomic E-state index is 0.338. The highest BCUT2D eigenvalue weighted by atomic mass is 16.5. The largest absolute Gasteiger partial charge is 0.463 e.